The van der Waals surface area contributed by atoms with E-state index < -0.39 is 27.6 Å². The van der Waals surface area contributed by atoms with Gasteiger partial charge in [0.15, 0.2) is 5.25 Å². The molecule has 0 saturated carbocycles. The van der Waals surface area contributed by atoms with Crippen molar-refractivity contribution < 1.29 is 17.8 Å². The molecule has 0 amide bonds. The largest absolute Gasteiger partial charge is 0.300 e. The third kappa shape index (κ3) is 3.70. The maximum atomic E-state index is 10.3. The molecule has 0 radical (unpaired) electrons. The van der Waals surface area contributed by atoms with Crippen molar-refractivity contribution in [3.63, 3.8) is 0 Å². The fourth-order valence-electron chi connectivity index (χ4n) is 0.479. The average Bonchev–Trinajstić information content (AvgIpc) is 1.79. The van der Waals surface area contributed by atoms with Crippen LogP contribution in [-0.4, -0.2) is 24.0 Å². The van der Waals surface area contributed by atoms with Crippen LogP contribution in [0.15, 0.2) is 0 Å². The van der Waals surface area contributed by atoms with Gasteiger partial charge in [0.05, 0.1) is 6.07 Å². The molecule has 1 unspecified atom stereocenters. The number of carbonyl (C=O) groups excluding carboxylic acids is 1. The van der Waals surface area contributed by atoms with Crippen LogP contribution < -0.4 is 0 Å². The second kappa shape index (κ2) is 3.46. The molecule has 0 aromatic rings. The van der Waals surface area contributed by atoms with Crippen LogP contribution in [-0.2, 0) is 14.9 Å². The van der Waals surface area contributed by atoms with Crippen molar-refractivity contribution in [3.8, 4) is 6.07 Å². The van der Waals surface area contributed by atoms with Gasteiger partial charge in [0, 0.05) is 6.42 Å². The van der Waals surface area contributed by atoms with Crippen LogP contribution in [0.2, 0.25) is 0 Å². The Morgan fingerprint density at radius 2 is 2.18 bits per heavy atom. The van der Waals surface area contributed by atoms with Gasteiger partial charge in [-0.1, -0.05) is 0 Å². The van der Waals surface area contributed by atoms with Crippen LogP contribution in [0.25, 0.3) is 0 Å². The van der Waals surface area contributed by atoms with Crippen LogP contribution in [0.4, 0.5) is 0 Å². The molecule has 1 atom stereocenters. The highest BCUT2D eigenvalue weighted by Gasteiger charge is 2.23. The number of nitriles is 1. The maximum Gasteiger partial charge on any atom is 0.281 e. The van der Waals surface area contributed by atoms with Crippen molar-refractivity contribution >= 4 is 15.9 Å². The topological polar surface area (TPSA) is 95.2 Å². The number of ketones is 1. The summed E-state index contributed by atoms with van der Waals surface area (Å²) in [6, 6.07) is 1.31. The number of hydrogen-bond acceptors (Lipinski definition) is 4. The van der Waals surface area contributed by atoms with E-state index in [0.717, 1.165) is 6.92 Å². The first-order valence-corrected chi connectivity index (χ1v) is 4.23. The van der Waals surface area contributed by atoms with Gasteiger partial charge in [-0.05, 0) is 6.92 Å². The molecule has 0 fully saturated rings. The van der Waals surface area contributed by atoms with Crippen LogP contribution in [0.1, 0.15) is 13.3 Å². The normalized spacial score (nSPS) is 13.5. The summed E-state index contributed by atoms with van der Waals surface area (Å²) in [5.41, 5.74) is 0. The van der Waals surface area contributed by atoms with E-state index in [1.165, 1.54) is 6.07 Å². The average molecular weight is 177 g/mol. The van der Waals surface area contributed by atoms with Gasteiger partial charge in [-0.15, -0.1) is 0 Å². The highest BCUT2D eigenvalue weighted by Crippen LogP contribution is 2.02. The first kappa shape index (κ1) is 10.1. The monoisotopic (exact) mass is 177 g/mol. The second-order valence-electron chi connectivity index (χ2n) is 2.04. The summed E-state index contributed by atoms with van der Waals surface area (Å²) in [4.78, 5) is 10.3. The Labute approximate surface area is 64.4 Å². The molecule has 0 saturated heterocycles. The standard InChI is InChI=1S/C5H7NO4S/c1-4(7)2-5(3-6)11(8,9)10/h5H,2H2,1H3,(H,8,9,10). The van der Waals surface area contributed by atoms with Gasteiger partial charge in [-0.3, -0.25) is 9.35 Å². The Morgan fingerprint density at radius 3 is 2.27 bits per heavy atom. The van der Waals surface area contributed by atoms with Gasteiger partial charge in [0.1, 0.15) is 5.78 Å². The summed E-state index contributed by atoms with van der Waals surface area (Å²) >= 11 is 0. The highest BCUT2D eigenvalue weighted by atomic mass is 32.2. The fraction of sp³-hybridized carbons (Fsp3) is 0.600. The van der Waals surface area contributed by atoms with Gasteiger partial charge in [-0.2, -0.15) is 13.7 Å². The highest BCUT2D eigenvalue weighted by molar-refractivity contribution is 7.86. The van der Waals surface area contributed by atoms with Crippen LogP contribution in [0, 0.1) is 11.3 Å². The van der Waals surface area contributed by atoms with Gasteiger partial charge in [0.25, 0.3) is 10.1 Å². The molecule has 0 bridgehead atoms. The molecule has 0 aromatic heterocycles. The summed E-state index contributed by atoms with van der Waals surface area (Å²) < 4.78 is 28.9. The Hall–Kier alpha value is -0.930. The fourth-order valence-corrected chi connectivity index (χ4v) is 1.06. The van der Waals surface area contributed by atoms with Gasteiger partial charge >= 0.3 is 0 Å². The van der Waals surface area contributed by atoms with Crippen molar-refractivity contribution in [3.05, 3.63) is 0 Å². The zero-order valence-corrected chi connectivity index (χ0v) is 6.63. The Balaban J connectivity index is 4.48. The molecule has 0 aliphatic heterocycles. The van der Waals surface area contributed by atoms with Crippen LogP contribution in [0.5, 0.6) is 0 Å². The first-order valence-electron chi connectivity index (χ1n) is 2.73. The smallest absolute Gasteiger partial charge is 0.281 e. The van der Waals surface area contributed by atoms with Crippen molar-refractivity contribution in [2.24, 2.45) is 0 Å². The van der Waals surface area contributed by atoms with E-state index in [0.29, 0.717) is 0 Å². The summed E-state index contributed by atoms with van der Waals surface area (Å²) in [7, 11) is -4.39. The quantitative estimate of drug-likeness (QED) is 0.599. The summed E-state index contributed by atoms with van der Waals surface area (Å²) in [5, 5.41) is 6.54. The van der Waals surface area contributed by atoms with E-state index >= 15 is 0 Å². The zero-order chi connectivity index (χ0) is 9.07. The molecular weight excluding hydrogens is 170 g/mol. The lowest BCUT2D eigenvalue weighted by atomic mass is 10.2. The Bertz CT molecular complexity index is 286. The first-order chi connectivity index (χ1) is 4.88. The molecule has 62 valence electrons. The summed E-state index contributed by atoms with van der Waals surface area (Å²) in [6.07, 6.45) is -0.463. The minimum atomic E-state index is -4.39. The molecule has 11 heavy (non-hydrogen) atoms. The zero-order valence-electron chi connectivity index (χ0n) is 5.81. The van der Waals surface area contributed by atoms with Crippen molar-refractivity contribution in [1.29, 1.82) is 5.26 Å². The van der Waals surface area contributed by atoms with E-state index in [1.807, 2.05) is 0 Å². The number of nitrogens with zero attached hydrogens (tertiary/aromatic N) is 1. The molecule has 0 aliphatic carbocycles. The van der Waals surface area contributed by atoms with E-state index in [2.05, 4.69) is 0 Å². The molecule has 0 aliphatic rings. The maximum absolute atomic E-state index is 10.3. The van der Waals surface area contributed by atoms with Crippen LogP contribution in [0.3, 0.4) is 0 Å². The minimum Gasteiger partial charge on any atom is -0.300 e. The molecule has 0 rings (SSSR count). The molecule has 0 aromatic carbocycles. The lowest BCUT2D eigenvalue weighted by Crippen LogP contribution is -2.20. The van der Waals surface area contributed by atoms with Gasteiger partial charge < -0.3 is 0 Å². The predicted octanol–water partition coefficient (Wildman–Crippen LogP) is -0.255. The molecule has 0 spiro atoms. The number of hydrogen-bond donors (Lipinski definition) is 1. The predicted molar refractivity (Wildman–Crippen MR) is 36.2 cm³/mol. The second-order valence-corrected chi connectivity index (χ2v) is 3.64. The van der Waals surface area contributed by atoms with E-state index in [9.17, 15) is 13.2 Å². The lowest BCUT2D eigenvalue weighted by Gasteiger charge is -2.00. The summed E-state index contributed by atoms with van der Waals surface area (Å²) in [6.45, 7) is 1.15. The van der Waals surface area contributed by atoms with Gasteiger partial charge in [0.2, 0.25) is 0 Å². The Kier molecular flexibility index (Phi) is 3.17. The van der Waals surface area contributed by atoms with E-state index in [1.54, 1.807) is 0 Å². The lowest BCUT2D eigenvalue weighted by molar-refractivity contribution is -0.116. The van der Waals surface area contributed by atoms with E-state index in [4.69, 9.17) is 9.81 Å². The van der Waals surface area contributed by atoms with Crippen molar-refractivity contribution in [1.82, 2.24) is 0 Å². The summed E-state index contributed by atoms with van der Waals surface area (Å²) in [5.74, 6) is -0.450. The SMILES string of the molecule is CC(=O)CC(C#N)S(=O)(=O)O. The third-order valence-electron chi connectivity index (χ3n) is 0.976. The molecule has 0 heterocycles. The number of rotatable bonds is 3. The minimum absolute atomic E-state index is 0.450. The molecule has 5 nitrogen and oxygen atoms in total. The number of Topliss-reactive ketones (excluding diaryl/α,β-unsaturated/α-hetero) is 1. The van der Waals surface area contributed by atoms with E-state index in [-0.39, 0.29) is 0 Å². The molecule has 1 N–H and O–H groups in total. The third-order valence-corrected chi connectivity index (χ3v) is 1.97. The molecule has 6 heteroatoms. The van der Waals surface area contributed by atoms with Crippen molar-refractivity contribution in [2.45, 2.75) is 18.6 Å². The Morgan fingerprint density at radius 1 is 1.73 bits per heavy atom. The van der Waals surface area contributed by atoms with Crippen molar-refractivity contribution in [2.75, 3.05) is 0 Å². The number of carbonyl (C=O) groups is 1. The molecular formula is C5H7NO4S. The van der Waals surface area contributed by atoms with Crippen LogP contribution >= 0.6 is 0 Å². The van der Waals surface area contributed by atoms with Gasteiger partial charge in [-0.25, -0.2) is 0 Å².